The highest BCUT2D eigenvalue weighted by Gasteiger charge is 2.41. The summed E-state index contributed by atoms with van der Waals surface area (Å²) in [5.74, 6) is 0.953. The molecule has 19 heavy (non-hydrogen) atoms. The van der Waals surface area contributed by atoms with Crippen LogP contribution in [0.5, 0.6) is 0 Å². The Morgan fingerprint density at radius 1 is 1.26 bits per heavy atom. The van der Waals surface area contributed by atoms with Gasteiger partial charge >= 0.3 is 0 Å². The second-order valence-electron chi connectivity index (χ2n) is 6.12. The lowest BCUT2D eigenvalue weighted by molar-refractivity contribution is 0.304. The number of nitrogen functional groups attached to an aromatic ring is 1. The van der Waals surface area contributed by atoms with Crippen molar-refractivity contribution in [3.63, 3.8) is 0 Å². The average molecular weight is 266 g/mol. The third-order valence-electron chi connectivity index (χ3n) is 4.91. The fourth-order valence-electron chi connectivity index (χ4n) is 3.96. The minimum atomic E-state index is -0.692. The van der Waals surface area contributed by atoms with E-state index in [9.17, 15) is 8.78 Å². The van der Waals surface area contributed by atoms with Gasteiger partial charge in [0, 0.05) is 12.1 Å². The molecule has 104 valence electrons. The van der Waals surface area contributed by atoms with Gasteiger partial charge in [0.25, 0.3) is 0 Å². The van der Waals surface area contributed by atoms with Crippen LogP contribution < -0.4 is 11.1 Å². The lowest BCUT2D eigenvalue weighted by Gasteiger charge is -2.29. The molecule has 4 heteroatoms. The highest BCUT2D eigenvalue weighted by molar-refractivity contribution is 5.67. The lowest BCUT2D eigenvalue weighted by atomic mass is 9.84. The monoisotopic (exact) mass is 266 g/mol. The SMILES string of the molecule is CC(Nc1cc(F)cc(F)c1N)C1CC2CCC1C2. The van der Waals surface area contributed by atoms with Gasteiger partial charge in [0.05, 0.1) is 11.4 Å². The number of hydrogen-bond acceptors (Lipinski definition) is 2. The van der Waals surface area contributed by atoms with Gasteiger partial charge in [-0.1, -0.05) is 6.42 Å². The van der Waals surface area contributed by atoms with Crippen LogP contribution in [0.25, 0.3) is 0 Å². The Kier molecular flexibility index (Phi) is 3.11. The van der Waals surface area contributed by atoms with Crippen molar-refractivity contribution >= 4 is 11.4 Å². The Morgan fingerprint density at radius 3 is 2.68 bits per heavy atom. The predicted molar refractivity (Wildman–Crippen MR) is 72.8 cm³/mol. The summed E-state index contributed by atoms with van der Waals surface area (Å²) in [5, 5.41) is 3.21. The van der Waals surface area contributed by atoms with Gasteiger partial charge in [0.1, 0.15) is 5.82 Å². The van der Waals surface area contributed by atoms with E-state index >= 15 is 0 Å². The molecule has 0 amide bonds. The first-order valence-corrected chi connectivity index (χ1v) is 7.05. The van der Waals surface area contributed by atoms with Crippen molar-refractivity contribution in [3.8, 4) is 0 Å². The van der Waals surface area contributed by atoms with Crippen molar-refractivity contribution in [3.05, 3.63) is 23.8 Å². The van der Waals surface area contributed by atoms with Crippen LogP contribution in [0.1, 0.15) is 32.6 Å². The molecule has 4 unspecified atom stereocenters. The molecule has 4 atom stereocenters. The number of nitrogens with two attached hydrogens (primary N) is 1. The first-order valence-electron chi connectivity index (χ1n) is 7.05. The van der Waals surface area contributed by atoms with Gasteiger partial charge in [-0.3, -0.25) is 0 Å². The maximum atomic E-state index is 13.4. The zero-order valence-electron chi connectivity index (χ0n) is 11.1. The molecule has 2 bridgehead atoms. The minimum Gasteiger partial charge on any atom is -0.395 e. The summed E-state index contributed by atoms with van der Waals surface area (Å²) in [6, 6.07) is 2.31. The number of benzene rings is 1. The maximum absolute atomic E-state index is 13.4. The Labute approximate surface area is 112 Å². The van der Waals surface area contributed by atoms with Crippen molar-refractivity contribution in [1.82, 2.24) is 0 Å². The quantitative estimate of drug-likeness (QED) is 0.817. The Balaban J connectivity index is 1.74. The molecule has 2 nitrogen and oxygen atoms in total. The highest BCUT2D eigenvalue weighted by atomic mass is 19.1. The van der Waals surface area contributed by atoms with Crippen molar-refractivity contribution in [2.24, 2.45) is 17.8 Å². The molecule has 0 spiro atoms. The lowest BCUT2D eigenvalue weighted by Crippen LogP contribution is -2.30. The summed E-state index contributed by atoms with van der Waals surface area (Å²) >= 11 is 0. The van der Waals surface area contributed by atoms with Gasteiger partial charge in [-0.05, 0) is 50.0 Å². The topological polar surface area (TPSA) is 38.0 Å². The van der Waals surface area contributed by atoms with E-state index in [1.54, 1.807) is 0 Å². The first kappa shape index (κ1) is 12.7. The van der Waals surface area contributed by atoms with Gasteiger partial charge in [-0.25, -0.2) is 8.78 Å². The maximum Gasteiger partial charge on any atom is 0.151 e. The molecule has 2 aliphatic rings. The molecule has 0 radical (unpaired) electrons. The number of nitrogens with one attached hydrogen (secondary N) is 1. The second kappa shape index (κ2) is 4.66. The molecular weight excluding hydrogens is 246 g/mol. The Morgan fingerprint density at radius 2 is 2.05 bits per heavy atom. The van der Waals surface area contributed by atoms with Crippen LogP contribution in [0, 0.1) is 29.4 Å². The van der Waals surface area contributed by atoms with Crippen LogP contribution in [0.2, 0.25) is 0 Å². The van der Waals surface area contributed by atoms with Crippen molar-refractivity contribution in [2.45, 2.75) is 38.6 Å². The predicted octanol–water partition coefficient (Wildman–Crippen LogP) is 3.78. The standard InChI is InChI=1S/C15H20F2N2/c1-8(12-5-9-2-3-10(12)4-9)19-14-7-11(16)6-13(17)15(14)18/h6-10,12,19H,2-5,18H2,1H3. The fraction of sp³-hybridized carbons (Fsp3) is 0.600. The van der Waals surface area contributed by atoms with Crippen molar-refractivity contribution < 1.29 is 8.78 Å². The van der Waals surface area contributed by atoms with Crippen LogP contribution in [-0.2, 0) is 0 Å². The molecular formula is C15H20F2N2. The normalized spacial score (nSPS) is 30.6. The van der Waals surface area contributed by atoms with Gasteiger partial charge in [0.15, 0.2) is 5.82 Å². The molecule has 3 rings (SSSR count). The van der Waals surface area contributed by atoms with Gasteiger partial charge in [-0.15, -0.1) is 0 Å². The summed E-state index contributed by atoms with van der Waals surface area (Å²) in [5.41, 5.74) is 6.06. The van der Waals surface area contributed by atoms with E-state index in [1.165, 1.54) is 31.7 Å². The zero-order chi connectivity index (χ0) is 13.6. The molecule has 2 saturated carbocycles. The average Bonchev–Trinajstić information content (AvgIpc) is 2.97. The summed E-state index contributed by atoms with van der Waals surface area (Å²) in [6.07, 6.45) is 5.21. The van der Waals surface area contributed by atoms with E-state index in [4.69, 9.17) is 5.73 Å². The summed E-state index contributed by atoms with van der Waals surface area (Å²) in [6.45, 7) is 2.09. The van der Waals surface area contributed by atoms with Crippen LogP contribution in [0.4, 0.5) is 20.2 Å². The van der Waals surface area contributed by atoms with E-state index in [0.29, 0.717) is 11.6 Å². The highest BCUT2D eigenvalue weighted by Crippen LogP contribution is 2.50. The van der Waals surface area contributed by atoms with E-state index in [-0.39, 0.29) is 11.7 Å². The molecule has 2 fully saturated rings. The third-order valence-corrected chi connectivity index (χ3v) is 4.91. The van der Waals surface area contributed by atoms with E-state index in [0.717, 1.165) is 17.9 Å². The van der Waals surface area contributed by atoms with Crippen LogP contribution >= 0.6 is 0 Å². The summed E-state index contributed by atoms with van der Waals surface area (Å²) < 4.78 is 26.7. The van der Waals surface area contributed by atoms with E-state index in [1.807, 2.05) is 0 Å². The number of halogens is 2. The second-order valence-corrected chi connectivity index (χ2v) is 6.12. The molecule has 0 aliphatic heterocycles. The minimum absolute atomic E-state index is 0.0106. The van der Waals surface area contributed by atoms with Crippen LogP contribution in [0.15, 0.2) is 12.1 Å². The zero-order valence-corrected chi connectivity index (χ0v) is 11.1. The van der Waals surface area contributed by atoms with Gasteiger partial charge in [-0.2, -0.15) is 0 Å². The van der Waals surface area contributed by atoms with Crippen molar-refractivity contribution in [1.29, 1.82) is 0 Å². The summed E-state index contributed by atoms with van der Waals surface area (Å²) in [7, 11) is 0. The first-order chi connectivity index (χ1) is 9.04. The Bertz CT molecular complexity index is 489. The molecule has 2 aliphatic carbocycles. The largest absolute Gasteiger partial charge is 0.395 e. The van der Waals surface area contributed by atoms with Gasteiger partial charge in [0.2, 0.25) is 0 Å². The van der Waals surface area contributed by atoms with E-state index in [2.05, 4.69) is 12.2 Å². The molecule has 0 aromatic heterocycles. The van der Waals surface area contributed by atoms with Crippen LogP contribution in [0.3, 0.4) is 0 Å². The number of hydrogen-bond donors (Lipinski definition) is 2. The van der Waals surface area contributed by atoms with Crippen LogP contribution in [-0.4, -0.2) is 6.04 Å². The summed E-state index contributed by atoms with van der Waals surface area (Å²) in [4.78, 5) is 0. The molecule has 3 N–H and O–H groups in total. The van der Waals surface area contributed by atoms with Crippen molar-refractivity contribution in [2.75, 3.05) is 11.1 Å². The molecule has 0 saturated heterocycles. The number of fused-ring (bicyclic) bond motifs is 2. The molecule has 1 aromatic rings. The molecule has 0 heterocycles. The fourth-order valence-corrected chi connectivity index (χ4v) is 3.96. The number of rotatable bonds is 3. The third kappa shape index (κ3) is 2.28. The smallest absolute Gasteiger partial charge is 0.151 e. The Hall–Kier alpha value is -1.32. The molecule has 1 aromatic carbocycles. The number of anilines is 2. The van der Waals surface area contributed by atoms with Gasteiger partial charge < -0.3 is 11.1 Å². The van der Waals surface area contributed by atoms with E-state index < -0.39 is 11.6 Å².